The number of pyridine rings is 1. The van der Waals surface area contributed by atoms with E-state index in [9.17, 15) is 4.79 Å². The molecule has 8 heteroatoms. The van der Waals surface area contributed by atoms with Crippen molar-refractivity contribution < 1.29 is 9.53 Å². The minimum Gasteiger partial charge on any atom is -0.497 e. The third-order valence-electron chi connectivity index (χ3n) is 4.56. The molecular weight excluding hydrogens is 380 g/mol. The van der Waals surface area contributed by atoms with Crippen LogP contribution in [-0.4, -0.2) is 40.7 Å². The van der Waals surface area contributed by atoms with Crippen LogP contribution in [-0.2, 0) is 0 Å². The topological polar surface area (TPSA) is 107 Å². The number of carbonyl (C=O) groups excluding carboxylic acids is 1. The number of ether oxygens (including phenoxy) is 1. The van der Waals surface area contributed by atoms with Crippen molar-refractivity contribution in [3.05, 3.63) is 72.3 Å². The van der Waals surface area contributed by atoms with Crippen LogP contribution >= 0.6 is 0 Å². The minimum atomic E-state index is -0.152. The lowest BCUT2D eigenvalue weighted by Crippen LogP contribution is -2.28. The van der Waals surface area contributed by atoms with Gasteiger partial charge in [-0.25, -0.2) is 4.52 Å². The van der Waals surface area contributed by atoms with Gasteiger partial charge in [0.05, 0.1) is 12.8 Å². The second-order valence-corrected chi connectivity index (χ2v) is 6.60. The number of carbonyl (C=O) groups is 1. The van der Waals surface area contributed by atoms with Crippen molar-refractivity contribution in [2.24, 2.45) is 5.73 Å². The van der Waals surface area contributed by atoms with E-state index in [1.165, 1.54) is 0 Å². The summed E-state index contributed by atoms with van der Waals surface area (Å²) in [7, 11) is 1.64. The third kappa shape index (κ3) is 4.08. The first-order chi connectivity index (χ1) is 14.7. The van der Waals surface area contributed by atoms with E-state index in [4.69, 9.17) is 10.5 Å². The van der Waals surface area contributed by atoms with Crippen LogP contribution in [0.5, 0.6) is 5.75 Å². The highest BCUT2D eigenvalue weighted by Crippen LogP contribution is 2.25. The van der Waals surface area contributed by atoms with E-state index < -0.39 is 0 Å². The average molecular weight is 402 g/mol. The number of nitrogens with two attached hydrogens (primary N) is 1. The van der Waals surface area contributed by atoms with Crippen molar-refractivity contribution in [2.45, 2.75) is 0 Å². The summed E-state index contributed by atoms with van der Waals surface area (Å²) >= 11 is 0. The van der Waals surface area contributed by atoms with Crippen LogP contribution in [0, 0.1) is 0 Å². The average Bonchev–Trinajstić information content (AvgIpc) is 3.20. The molecule has 0 atom stereocenters. The fraction of sp³-hybridized carbons (Fsp3) is 0.136. The summed E-state index contributed by atoms with van der Waals surface area (Å²) in [5, 5.41) is 10.5. The number of benzene rings is 2. The molecular formula is C22H22N6O2. The Hall–Kier alpha value is -3.91. The molecule has 4 rings (SSSR count). The van der Waals surface area contributed by atoms with Crippen molar-refractivity contribution in [3.8, 4) is 17.0 Å². The summed E-state index contributed by atoms with van der Waals surface area (Å²) in [6.45, 7) is 0.850. The number of hydrogen-bond donors (Lipinski definition) is 3. The Labute approximate surface area is 173 Å². The lowest BCUT2D eigenvalue weighted by molar-refractivity contribution is 0.0955. The Morgan fingerprint density at radius 1 is 1.10 bits per heavy atom. The van der Waals surface area contributed by atoms with E-state index in [0.29, 0.717) is 24.6 Å². The molecule has 0 saturated heterocycles. The van der Waals surface area contributed by atoms with Crippen LogP contribution < -0.4 is 21.1 Å². The second kappa shape index (κ2) is 8.62. The maximum absolute atomic E-state index is 12.0. The molecule has 1 amide bonds. The molecule has 0 aliphatic carbocycles. The Bertz CT molecular complexity index is 1170. The predicted octanol–water partition coefficient (Wildman–Crippen LogP) is 2.84. The fourth-order valence-electron chi connectivity index (χ4n) is 3.08. The summed E-state index contributed by atoms with van der Waals surface area (Å²) in [5.74, 6) is 1.09. The highest BCUT2D eigenvalue weighted by molar-refractivity contribution is 5.94. The number of aromatic nitrogens is 3. The molecule has 4 N–H and O–H groups in total. The fourth-order valence-corrected chi connectivity index (χ4v) is 3.08. The molecule has 2 aromatic heterocycles. The van der Waals surface area contributed by atoms with Gasteiger partial charge in [-0.1, -0.05) is 18.2 Å². The van der Waals surface area contributed by atoms with Crippen LogP contribution in [0.3, 0.4) is 0 Å². The van der Waals surface area contributed by atoms with Gasteiger partial charge in [0.15, 0.2) is 5.65 Å². The molecule has 4 aromatic rings. The molecule has 2 heterocycles. The first-order valence-corrected chi connectivity index (χ1v) is 9.53. The lowest BCUT2D eigenvalue weighted by atomic mass is 10.1. The zero-order chi connectivity index (χ0) is 20.9. The predicted molar refractivity (Wildman–Crippen MR) is 116 cm³/mol. The lowest BCUT2D eigenvalue weighted by Gasteiger charge is -2.06. The molecule has 0 aliphatic rings. The van der Waals surface area contributed by atoms with Crippen LogP contribution in [0.25, 0.3) is 16.9 Å². The number of methoxy groups -OCH3 is 1. The standard InChI is InChI=1S/C22H22N6O2/c1-30-18-5-2-4-16(14-18)19-6-3-7-20-26-22(27-28(19)20)25-17-10-8-15(9-11-17)21(29)24-13-12-23/h2-11,14H,12-13,23H2,1H3,(H,24,29)(H,25,27). The molecule has 152 valence electrons. The molecule has 30 heavy (non-hydrogen) atoms. The molecule has 0 unspecified atom stereocenters. The SMILES string of the molecule is COc1cccc(-c2cccc3nc(Nc4ccc(C(=O)NCCN)cc4)nn23)c1. The molecule has 0 fully saturated rings. The summed E-state index contributed by atoms with van der Waals surface area (Å²) in [5.41, 5.74) is 9.36. The van der Waals surface area contributed by atoms with E-state index in [-0.39, 0.29) is 5.91 Å². The molecule has 2 aromatic carbocycles. The number of nitrogens with one attached hydrogen (secondary N) is 2. The van der Waals surface area contributed by atoms with Crippen LogP contribution in [0.2, 0.25) is 0 Å². The third-order valence-corrected chi connectivity index (χ3v) is 4.56. The first-order valence-electron chi connectivity index (χ1n) is 9.53. The van der Waals surface area contributed by atoms with Crippen molar-refractivity contribution in [2.75, 3.05) is 25.5 Å². The Balaban J connectivity index is 1.58. The summed E-state index contributed by atoms with van der Waals surface area (Å²) in [4.78, 5) is 16.5. The highest BCUT2D eigenvalue weighted by atomic mass is 16.5. The Morgan fingerprint density at radius 2 is 1.90 bits per heavy atom. The van der Waals surface area contributed by atoms with Crippen molar-refractivity contribution in [3.63, 3.8) is 0 Å². The second-order valence-electron chi connectivity index (χ2n) is 6.60. The monoisotopic (exact) mass is 402 g/mol. The number of nitrogens with zero attached hydrogens (tertiary/aromatic N) is 3. The summed E-state index contributed by atoms with van der Waals surface area (Å²) in [6.07, 6.45) is 0. The molecule has 0 aliphatic heterocycles. The summed E-state index contributed by atoms with van der Waals surface area (Å²) in [6, 6.07) is 20.7. The first kappa shape index (κ1) is 19.4. The van der Waals surface area contributed by atoms with Gasteiger partial charge in [-0.3, -0.25) is 4.79 Å². The quantitative estimate of drug-likeness (QED) is 0.439. The number of rotatable bonds is 7. The smallest absolute Gasteiger partial charge is 0.251 e. The van der Waals surface area contributed by atoms with Crippen LogP contribution in [0.4, 0.5) is 11.6 Å². The van der Waals surface area contributed by atoms with E-state index >= 15 is 0 Å². The normalized spacial score (nSPS) is 10.7. The van der Waals surface area contributed by atoms with Crippen molar-refractivity contribution in [1.82, 2.24) is 19.9 Å². The van der Waals surface area contributed by atoms with Crippen molar-refractivity contribution in [1.29, 1.82) is 0 Å². The number of amides is 1. The number of hydrogen-bond acceptors (Lipinski definition) is 6. The molecule has 0 radical (unpaired) electrons. The zero-order valence-corrected chi connectivity index (χ0v) is 16.5. The maximum Gasteiger partial charge on any atom is 0.251 e. The van der Waals surface area contributed by atoms with E-state index in [1.54, 1.807) is 23.8 Å². The minimum absolute atomic E-state index is 0.152. The van der Waals surface area contributed by atoms with E-state index in [2.05, 4.69) is 20.7 Å². The molecule has 0 bridgehead atoms. The maximum atomic E-state index is 12.0. The van der Waals surface area contributed by atoms with Gasteiger partial charge in [0.25, 0.3) is 5.91 Å². The number of anilines is 2. The van der Waals surface area contributed by atoms with Gasteiger partial charge in [0.2, 0.25) is 5.95 Å². The highest BCUT2D eigenvalue weighted by Gasteiger charge is 2.10. The number of fused-ring (bicyclic) bond motifs is 1. The summed E-state index contributed by atoms with van der Waals surface area (Å²) < 4.78 is 7.11. The largest absolute Gasteiger partial charge is 0.497 e. The van der Waals surface area contributed by atoms with Gasteiger partial charge in [-0.15, -0.1) is 5.10 Å². The molecule has 0 spiro atoms. The molecule has 8 nitrogen and oxygen atoms in total. The zero-order valence-electron chi connectivity index (χ0n) is 16.5. The van der Waals surface area contributed by atoms with Gasteiger partial charge in [-0.2, -0.15) is 4.98 Å². The van der Waals surface area contributed by atoms with E-state index in [1.807, 2.05) is 54.6 Å². The Morgan fingerprint density at radius 3 is 2.67 bits per heavy atom. The van der Waals surface area contributed by atoms with Gasteiger partial charge in [0.1, 0.15) is 5.75 Å². The van der Waals surface area contributed by atoms with Gasteiger partial charge in [-0.05, 0) is 48.5 Å². The van der Waals surface area contributed by atoms with Gasteiger partial charge in [0, 0.05) is 29.9 Å². The van der Waals surface area contributed by atoms with E-state index in [0.717, 1.165) is 28.3 Å². The van der Waals surface area contributed by atoms with Crippen molar-refractivity contribution >= 4 is 23.2 Å². The van der Waals surface area contributed by atoms with Gasteiger partial charge >= 0.3 is 0 Å². The Kier molecular flexibility index (Phi) is 5.58. The molecule has 0 saturated carbocycles. The van der Waals surface area contributed by atoms with Crippen LogP contribution in [0.15, 0.2) is 66.7 Å². The van der Waals surface area contributed by atoms with Gasteiger partial charge < -0.3 is 21.1 Å². The van der Waals surface area contributed by atoms with Crippen LogP contribution in [0.1, 0.15) is 10.4 Å².